The number of nitrogens with one attached hydrogen (secondary N) is 1. The minimum absolute atomic E-state index is 0.0215. The Morgan fingerprint density at radius 3 is 2.13 bits per heavy atom. The number of hydrogen-bond acceptors (Lipinski definition) is 5. The van der Waals surface area contributed by atoms with Crippen molar-refractivity contribution in [3.05, 3.63) is 125 Å². The third kappa shape index (κ3) is 9.89. The summed E-state index contributed by atoms with van der Waals surface area (Å²) < 4.78 is 49.5. The maximum atomic E-state index is 14.5. The first-order valence-electron chi connectivity index (χ1n) is 15.2. The summed E-state index contributed by atoms with van der Waals surface area (Å²) in [5.41, 5.74) is 1.05. The molecule has 0 bridgehead atoms. The summed E-state index contributed by atoms with van der Waals surface area (Å²) in [6.45, 7) is 7.15. The molecule has 11 heteroatoms. The van der Waals surface area contributed by atoms with E-state index in [1.165, 1.54) is 41.3 Å². The molecule has 0 saturated carbocycles. The summed E-state index contributed by atoms with van der Waals surface area (Å²) in [4.78, 5) is 29.8. The van der Waals surface area contributed by atoms with Crippen LogP contribution in [0.4, 0.5) is 10.1 Å². The number of rotatable bonds is 13. The molecule has 47 heavy (non-hydrogen) atoms. The van der Waals surface area contributed by atoms with E-state index in [1.54, 1.807) is 0 Å². The number of benzene rings is 4. The number of amides is 2. The monoisotopic (exact) mass is 723 g/mol. The highest BCUT2D eigenvalue weighted by Gasteiger charge is 2.35. The average molecular weight is 725 g/mol. The van der Waals surface area contributed by atoms with Gasteiger partial charge in [0.1, 0.15) is 24.2 Å². The summed E-state index contributed by atoms with van der Waals surface area (Å²) in [7, 11) is -4.34. The molecule has 0 aliphatic heterocycles. The van der Waals surface area contributed by atoms with E-state index in [2.05, 4.69) is 21.2 Å². The van der Waals surface area contributed by atoms with E-state index in [9.17, 15) is 22.4 Å². The zero-order valence-corrected chi connectivity index (χ0v) is 29.2. The number of sulfonamides is 1. The molecular formula is C36H39BrFN3O5S. The lowest BCUT2D eigenvalue weighted by Gasteiger charge is -2.35. The number of hydrogen-bond donors (Lipinski definition) is 1. The minimum atomic E-state index is -4.34. The van der Waals surface area contributed by atoms with Gasteiger partial charge in [-0.25, -0.2) is 12.8 Å². The standard InChI is InChI=1S/C36H39BrFN3O5S/c1-5-46-31-18-20-32(21-19-31)47(44,45)41(30-16-14-29(38)15-17-30)25-34(42)40(24-27-12-9-13-28(37)22-27)33(35(43)39-36(2,3)4)23-26-10-7-6-8-11-26/h6-22,33H,5,23-25H2,1-4H3,(H,39,43)/t33-/m0/s1. The summed E-state index contributed by atoms with van der Waals surface area (Å²) in [6, 6.07) is 26.4. The Labute approximate surface area is 284 Å². The topological polar surface area (TPSA) is 96.0 Å². The molecule has 0 aromatic heterocycles. The maximum absolute atomic E-state index is 14.5. The third-order valence-corrected chi connectivity index (χ3v) is 9.41. The molecule has 4 aromatic rings. The smallest absolute Gasteiger partial charge is 0.264 e. The Hall–Kier alpha value is -4.22. The van der Waals surface area contributed by atoms with E-state index in [4.69, 9.17) is 4.74 Å². The predicted octanol–water partition coefficient (Wildman–Crippen LogP) is 6.74. The lowest BCUT2D eigenvalue weighted by Crippen LogP contribution is -2.56. The van der Waals surface area contributed by atoms with Crippen molar-refractivity contribution in [2.24, 2.45) is 0 Å². The molecule has 0 fully saturated rings. The number of carbonyl (C=O) groups is 2. The molecule has 0 saturated heterocycles. The molecule has 0 radical (unpaired) electrons. The molecule has 1 atom stereocenters. The largest absolute Gasteiger partial charge is 0.494 e. The molecule has 0 heterocycles. The van der Waals surface area contributed by atoms with Gasteiger partial charge in [-0.1, -0.05) is 58.4 Å². The molecule has 4 aromatic carbocycles. The maximum Gasteiger partial charge on any atom is 0.264 e. The molecule has 0 spiro atoms. The van der Waals surface area contributed by atoms with Gasteiger partial charge in [-0.2, -0.15) is 0 Å². The minimum Gasteiger partial charge on any atom is -0.494 e. The van der Waals surface area contributed by atoms with Crippen LogP contribution in [0.2, 0.25) is 0 Å². The second kappa shape index (κ2) is 15.6. The molecule has 2 amide bonds. The van der Waals surface area contributed by atoms with Crippen molar-refractivity contribution in [2.75, 3.05) is 17.5 Å². The Morgan fingerprint density at radius 1 is 0.894 bits per heavy atom. The summed E-state index contributed by atoms with van der Waals surface area (Å²) in [5, 5.41) is 3.01. The highest BCUT2D eigenvalue weighted by Crippen LogP contribution is 2.27. The Balaban J connectivity index is 1.81. The first-order chi connectivity index (χ1) is 22.3. The van der Waals surface area contributed by atoms with E-state index in [1.807, 2.05) is 82.3 Å². The highest BCUT2D eigenvalue weighted by molar-refractivity contribution is 9.10. The molecule has 0 aliphatic carbocycles. The average Bonchev–Trinajstić information content (AvgIpc) is 3.02. The molecular weight excluding hydrogens is 685 g/mol. The Bertz CT molecular complexity index is 1760. The molecule has 8 nitrogen and oxygen atoms in total. The molecule has 4 rings (SSSR count). The van der Waals surface area contributed by atoms with E-state index in [0.29, 0.717) is 12.4 Å². The number of nitrogens with zero attached hydrogens (tertiary/aromatic N) is 2. The van der Waals surface area contributed by atoms with Crippen LogP contribution in [0.15, 0.2) is 112 Å². The molecule has 1 N–H and O–H groups in total. The van der Waals surface area contributed by atoms with Gasteiger partial charge in [0.25, 0.3) is 10.0 Å². The number of ether oxygens (including phenoxy) is 1. The molecule has 0 unspecified atom stereocenters. The van der Waals surface area contributed by atoms with Gasteiger partial charge in [-0.05, 0) is 99.5 Å². The predicted molar refractivity (Wildman–Crippen MR) is 185 cm³/mol. The first kappa shape index (κ1) is 35.6. The van der Waals surface area contributed by atoms with Crippen molar-refractivity contribution < 1.29 is 27.1 Å². The van der Waals surface area contributed by atoms with Crippen molar-refractivity contribution in [3.63, 3.8) is 0 Å². The van der Waals surface area contributed by atoms with Gasteiger partial charge in [0.2, 0.25) is 11.8 Å². The van der Waals surface area contributed by atoms with Gasteiger partial charge in [0.15, 0.2) is 0 Å². The van der Waals surface area contributed by atoms with Crippen molar-refractivity contribution in [2.45, 2.75) is 57.1 Å². The van der Waals surface area contributed by atoms with E-state index in [0.717, 1.165) is 32.0 Å². The zero-order valence-electron chi connectivity index (χ0n) is 26.8. The van der Waals surface area contributed by atoms with Crippen LogP contribution in [0.3, 0.4) is 0 Å². The zero-order chi connectivity index (χ0) is 34.2. The Kier molecular flexibility index (Phi) is 11.8. The van der Waals surface area contributed by atoms with Crippen molar-refractivity contribution >= 4 is 43.5 Å². The summed E-state index contributed by atoms with van der Waals surface area (Å²) in [5.74, 6) is -1.07. The first-order valence-corrected chi connectivity index (χ1v) is 17.4. The van der Waals surface area contributed by atoms with Crippen molar-refractivity contribution in [3.8, 4) is 5.75 Å². The normalized spacial score (nSPS) is 12.2. The fraction of sp³-hybridized carbons (Fsp3) is 0.278. The quantitative estimate of drug-likeness (QED) is 0.165. The number of halogens is 2. The van der Waals surface area contributed by atoms with Crippen molar-refractivity contribution in [1.82, 2.24) is 10.2 Å². The molecule has 248 valence electrons. The van der Waals surface area contributed by atoms with Gasteiger partial charge in [0.05, 0.1) is 17.2 Å². The van der Waals surface area contributed by atoms with Gasteiger partial charge >= 0.3 is 0 Å². The highest BCUT2D eigenvalue weighted by atomic mass is 79.9. The van der Waals surface area contributed by atoms with Crippen LogP contribution < -0.4 is 14.4 Å². The fourth-order valence-electron chi connectivity index (χ4n) is 4.98. The van der Waals surface area contributed by atoms with Crippen LogP contribution in [0, 0.1) is 5.82 Å². The Morgan fingerprint density at radius 2 is 1.53 bits per heavy atom. The van der Waals surface area contributed by atoms with E-state index < -0.39 is 39.9 Å². The lowest BCUT2D eigenvalue weighted by molar-refractivity contribution is -0.140. The SMILES string of the molecule is CCOc1ccc(S(=O)(=O)N(CC(=O)N(Cc2cccc(Br)c2)[C@@H](Cc2ccccc2)C(=O)NC(C)(C)C)c2ccc(F)cc2)cc1. The fourth-order valence-corrected chi connectivity index (χ4v) is 6.84. The van der Waals surface area contributed by atoms with Crippen LogP contribution >= 0.6 is 15.9 Å². The van der Waals surface area contributed by atoms with E-state index in [-0.39, 0.29) is 29.5 Å². The van der Waals surface area contributed by atoms with E-state index >= 15 is 0 Å². The van der Waals surface area contributed by atoms with Gasteiger partial charge in [-0.3, -0.25) is 13.9 Å². The van der Waals surface area contributed by atoms with Crippen LogP contribution in [0.5, 0.6) is 5.75 Å². The molecule has 0 aliphatic rings. The van der Waals surface area contributed by atoms with Gasteiger partial charge in [0, 0.05) is 23.0 Å². The third-order valence-electron chi connectivity index (χ3n) is 7.13. The van der Waals surface area contributed by atoms with Gasteiger partial charge < -0.3 is 15.0 Å². The number of anilines is 1. The van der Waals surface area contributed by atoms with Crippen LogP contribution in [-0.2, 0) is 32.6 Å². The van der Waals surface area contributed by atoms with Crippen molar-refractivity contribution in [1.29, 1.82) is 0 Å². The van der Waals surface area contributed by atoms with Gasteiger partial charge in [-0.15, -0.1) is 0 Å². The second-order valence-electron chi connectivity index (χ2n) is 12.0. The van der Waals surface area contributed by atoms with Crippen LogP contribution in [-0.4, -0.2) is 49.9 Å². The number of carbonyl (C=O) groups excluding carboxylic acids is 2. The lowest BCUT2D eigenvalue weighted by atomic mass is 10.0. The summed E-state index contributed by atoms with van der Waals surface area (Å²) >= 11 is 3.48. The summed E-state index contributed by atoms with van der Waals surface area (Å²) in [6.07, 6.45) is 0.185. The van der Waals surface area contributed by atoms with Crippen LogP contribution in [0.25, 0.3) is 0 Å². The van der Waals surface area contributed by atoms with Crippen LogP contribution in [0.1, 0.15) is 38.8 Å². The second-order valence-corrected chi connectivity index (χ2v) is 14.8.